The maximum absolute atomic E-state index is 11.2. The molecule has 62 valence electrons. The van der Waals surface area contributed by atoms with Crippen LogP contribution in [0.25, 0.3) is 0 Å². The van der Waals surface area contributed by atoms with E-state index in [1.165, 1.54) is 6.08 Å². The van der Waals surface area contributed by atoms with Crippen molar-refractivity contribution in [3.63, 3.8) is 0 Å². The molecule has 0 aromatic carbocycles. The summed E-state index contributed by atoms with van der Waals surface area (Å²) in [6, 6.07) is 0. The molecule has 0 bridgehead atoms. The number of ketones is 1. The number of allylic oxidation sites excluding steroid dienone is 2. The van der Waals surface area contributed by atoms with Crippen LogP contribution in [0.15, 0.2) is 24.8 Å². The van der Waals surface area contributed by atoms with E-state index in [1.54, 1.807) is 0 Å². The molecule has 0 saturated heterocycles. The molecule has 1 heteroatoms. The van der Waals surface area contributed by atoms with E-state index in [9.17, 15) is 4.79 Å². The lowest BCUT2D eigenvalue weighted by molar-refractivity contribution is -0.116. The second-order valence-corrected chi connectivity index (χ2v) is 2.87. The molecule has 0 N–H and O–H groups in total. The molecule has 0 rings (SSSR count). The van der Waals surface area contributed by atoms with Crippen molar-refractivity contribution in [3.05, 3.63) is 24.8 Å². The molecule has 0 aliphatic rings. The summed E-state index contributed by atoms with van der Waals surface area (Å²) >= 11 is 0. The summed E-state index contributed by atoms with van der Waals surface area (Å²) < 4.78 is 0. The highest BCUT2D eigenvalue weighted by Crippen LogP contribution is 2.10. The molecule has 0 fully saturated rings. The predicted octanol–water partition coefficient (Wildman–Crippen LogP) is 2.73. The van der Waals surface area contributed by atoms with Crippen molar-refractivity contribution in [2.75, 3.05) is 0 Å². The third kappa shape index (κ3) is 3.76. The molecule has 1 atom stereocenters. The highest BCUT2D eigenvalue weighted by atomic mass is 16.1. The van der Waals surface area contributed by atoms with Crippen LogP contribution in [0, 0.1) is 5.92 Å². The summed E-state index contributed by atoms with van der Waals surface area (Å²) in [4.78, 5) is 11.2. The van der Waals surface area contributed by atoms with E-state index >= 15 is 0 Å². The summed E-state index contributed by atoms with van der Waals surface area (Å²) in [5.41, 5.74) is 0.533. The zero-order valence-electron chi connectivity index (χ0n) is 7.39. The molecule has 0 radical (unpaired) electrons. The SMILES string of the molecule is C=CC(=C)C(=O)CC(C)CC. The largest absolute Gasteiger partial charge is 0.294 e. The van der Waals surface area contributed by atoms with Crippen LogP contribution in [0.4, 0.5) is 0 Å². The minimum Gasteiger partial charge on any atom is -0.294 e. The van der Waals surface area contributed by atoms with Gasteiger partial charge in [0.05, 0.1) is 0 Å². The predicted molar refractivity (Wildman–Crippen MR) is 48.4 cm³/mol. The van der Waals surface area contributed by atoms with Crippen LogP contribution >= 0.6 is 0 Å². The smallest absolute Gasteiger partial charge is 0.162 e. The molecule has 1 unspecified atom stereocenters. The van der Waals surface area contributed by atoms with Crippen molar-refractivity contribution >= 4 is 5.78 Å². The summed E-state index contributed by atoms with van der Waals surface area (Å²) in [7, 11) is 0. The molecule has 0 spiro atoms. The van der Waals surface area contributed by atoms with Gasteiger partial charge >= 0.3 is 0 Å². The van der Waals surface area contributed by atoms with Crippen LogP contribution in [0.1, 0.15) is 26.7 Å². The van der Waals surface area contributed by atoms with Crippen molar-refractivity contribution < 1.29 is 4.79 Å². The van der Waals surface area contributed by atoms with Crippen molar-refractivity contribution in [2.45, 2.75) is 26.7 Å². The van der Waals surface area contributed by atoms with Crippen LogP contribution < -0.4 is 0 Å². The number of carbonyl (C=O) groups is 1. The van der Waals surface area contributed by atoms with E-state index in [4.69, 9.17) is 0 Å². The van der Waals surface area contributed by atoms with Crippen molar-refractivity contribution in [1.29, 1.82) is 0 Å². The van der Waals surface area contributed by atoms with Gasteiger partial charge in [0.1, 0.15) is 0 Å². The molecule has 0 amide bonds. The molecular formula is C10H16O. The van der Waals surface area contributed by atoms with E-state index in [1.807, 2.05) is 0 Å². The number of rotatable bonds is 5. The lowest BCUT2D eigenvalue weighted by Gasteiger charge is -2.05. The molecular weight excluding hydrogens is 136 g/mol. The molecule has 0 aliphatic carbocycles. The molecule has 11 heavy (non-hydrogen) atoms. The van der Waals surface area contributed by atoms with E-state index in [2.05, 4.69) is 27.0 Å². The summed E-state index contributed by atoms with van der Waals surface area (Å²) in [5, 5.41) is 0. The van der Waals surface area contributed by atoms with E-state index in [0.29, 0.717) is 17.9 Å². The van der Waals surface area contributed by atoms with Gasteiger partial charge in [-0.1, -0.05) is 39.5 Å². The van der Waals surface area contributed by atoms with Crippen LogP contribution in [-0.4, -0.2) is 5.78 Å². The highest BCUT2D eigenvalue weighted by molar-refractivity contribution is 5.97. The minimum absolute atomic E-state index is 0.120. The quantitative estimate of drug-likeness (QED) is 0.437. The van der Waals surface area contributed by atoms with Gasteiger partial charge in [-0.3, -0.25) is 4.79 Å². The Morgan fingerprint density at radius 3 is 2.55 bits per heavy atom. The Kier molecular flexibility index (Phi) is 4.51. The molecule has 0 aliphatic heterocycles. The molecule has 1 nitrogen and oxygen atoms in total. The molecule has 0 aromatic heterocycles. The van der Waals surface area contributed by atoms with Crippen LogP contribution in [0.3, 0.4) is 0 Å². The number of hydrogen-bond donors (Lipinski definition) is 0. The number of hydrogen-bond acceptors (Lipinski definition) is 1. The highest BCUT2D eigenvalue weighted by Gasteiger charge is 2.07. The second kappa shape index (κ2) is 4.89. The summed E-state index contributed by atoms with van der Waals surface area (Å²) in [5.74, 6) is 0.577. The number of carbonyl (C=O) groups excluding carboxylic acids is 1. The van der Waals surface area contributed by atoms with Gasteiger partial charge in [-0.15, -0.1) is 0 Å². The first-order chi connectivity index (χ1) is 5.11. The monoisotopic (exact) mass is 152 g/mol. The first-order valence-electron chi connectivity index (χ1n) is 3.96. The Labute approximate surface area is 68.8 Å². The van der Waals surface area contributed by atoms with Crippen LogP contribution in [-0.2, 0) is 4.79 Å². The number of Topliss-reactive ketones (excluding diaryl/α,β-unsaturated/α-hetero) is 1. The lowest BCUT2D eigenvalue weighted by atomic mass is 9.99. The van der Waals surface area contributed by atoms with E-state index in [0.717, 1.165) is 6.42 Å². The molecule has 0 saturated carbocycles. The van der Waals surface area contributed by atoms with Crippen LogP contribution in [0.2, 0.25) is 0 Å². The van der Waals surface area contributed by atoms with Gasteiger partial charge in [-0.2, -0.15) is 0 Å². The average Bonchev–Trinajstić information content (AvgIpc) is 2.02. The van der Waals surface area contributed by atoms with E-state index < -0.39 is 0 Å². The topological polar surface area (TPSA) is 17.1 Å². The Morgan fingerprint density at radius 2 is 2.18 bits per heavy atom. The van der Waals surface area contributed by atoms with Gasteiger partial charge in [0.25, 0.3) is 0 Å². The third-order valence-electron chi connectivity index (χ3n) is 1.84. The third-order valence-corrected chi connectivity index (χ3v) is 1.84. The first kappa shape index (κ1) is 10.2. The summed E-state index contributed by atoms with van der Waals surface area (Å²) in [6.45, 7) is 11.2. The zero-order chi connectivity index (χ0) is 8.85. The normalized spacial score (nSPS) is 12.2. The molecule has 0 aromatic rings. The fourth-order valence-corrected chi connectivity index (χ4v) is 0.706. The molecule has 0 heterocycles. The summed E-state index contributed by atoms with van der Waals surface area (Å²) in [6.07, 6.45) is 3.15. The van der Waals surface area contributed by atoms with Gasteiger partial charge < -0.3 is 0 Å². The average molecular weight is 152 g/mol. The Bertz CT molecular complexity index is 168. The standard InChI is InChI=1S/C10H16O/c1-5-8(3)7-10(11)9(4)6-2/h6,8H,2,4-5,7H2,1,3H3. The van der Waals surface area contributed by atoms with Gasteiger partial charge in [-0.25, -0.2) is 0 Å². The van der Waals surface area contributed by atoms with Crippen molar-refractivity contribution in [1.82, 2.24) is 0 Å². The van der Waals surface area contributed by atoms with Crippen molar-refractivity contribution in [3.8, 4) is 0 Å². The maximum Gasteiger partial charge on any atom is 0.162 e. The fraction of sp³-hybridized carbons (Fsp3) is 0.500. The van der Waals surface area contributed by atoms with Gasteiger partial charge in [0.2, 0.25) is 0 Å². The van der Waals surface area contributed by atoms with Crippen LogP contribution in [0.5, 0.6) is 0 Å². The van der Waals surface area contributed by atoms with Gasteiger partial charge in [-0.05, 0) is 5.92 Å². The van der Waals surface area contributed by atoms with Gasteiger partial charge in [0, 0.05) is 12.0 Å². The fourth-order valence-electron chi connectivity index (χ4n) is 0.706. The maximum atomic E-state index is 11.2. The Morgan fingerprint density at radius 1 is 1.64 bits per heavy atom. The lowest BCUT2D eigenvalue weighted by Crippen LogP contribution is -2.05. The Balaban J connectivity index is 3.87. The first-order valence-corrected chi connectivity index (χ1v) is 3.96. The second-order valence-electron chi connectivity index (χ2n) is 2.87. The Hall–Kier alpha value is -0.850. The zero-order valence-corrected chi connectivity index (χ0v) is 7.39. The van der Waals surface area contributed by atoms with Gasteiger partial charge in [0.15, 0.2) is 5.78 Å². The van der Waals surface area contributed by atoms with Crippen molar-refractivity contribution in [2.24, 2.45) is 5.92 Å². The van der Waals surface area contributed by atoms with E-state index in [-0.39, 0.29) is 5.78 Å². The minimum atomic E-state index is 0.120.